The van der Waals surface area contributed by atoms with E-state index in [9.17, 15) is 8.42 Å². The van der Waals surface area contributed by atoms with Gasteiger partial charge < -0.3 is 14.6 Å². The summed E-state index contributed by atoms with van der Waals surface area (Å²) in [5.41, 5.74) is 2.44. The van der Waals surface area contributed by atoms with Crippen molar-refractivity contribution in [2.45, 2.75) is 45.6 Å². The van der Waals surface area contributed by atoms with Gasteiger partial charge in [-0.25, -0.2) is 4.98 Å². The van der Waals surface area contributed by atoms with Gasteiger partial charge in [0.15, 0.2) is 0 Å². The highest BCUT2D eigenvalue weighted by atomic mass is 32.2. The van der Waals surface area contributed by atoms with E-state index in [2.05, 4.69) is 30.7 Å². The number of anilines is 1. The van der Waals surface area contributed by atoms with Gasteiger partial charge >= 0.3 is 10.2 Å². The van der Waals surface area contributed by atoms with Crippen molar-refractivity contribution in [3.63, 3.8) is 0 Å². The number of hydrogen-bond donors (Lipinski definition) is 1. The van der Waals surface area contributed by atoms with Gasteiger partial charge in [-0.3, -0.25) is 4.31 Å². The first-order valence-corrected chi connectivity index (χ1v) is 12.6. The van der Waals surface area contributed by atoms with Crippen molar-refractivity contribution in [1.82, 2.24) is 19.2 Å². The standard InChI is InChI=1S/C22H35N5O3S/c1-22(2,3)21-24-19-15-18(25(4)31(28,29)26-11-9-23-10-12-26)5-6-20(19)27(21)16-17-7-13-30-14-8-17/h5-6,15,17,23H,7-14,16H2,1-4H3. The van der Waals surface area contributed by atoms with E-state index in [1.807, 2.05) is 18.2 Å². The minimum atomic E-state index is -3.56. The average Bonchev–Trinajstić information content (AvgIpc) is 3.12. The van der Waals surface area contributed by atoms with Gasteiger partial charge in [-0.05, 0) is 37.0 Å². The molecule has 1 N–H and O–H groups in total. The first-order chi connectivity index (χ1) is 14.7. The fraction of sp³-hybridized carbons (Fsp3) is 0.682. The molecule has 1 aromatic carbocycles. The van der Waals surface area contributed by atoms with E-state index in [1.54, 1.807) is 7.05 Å². The van der Waals surface area contributed by atoms with Crippen LogP contribution in [0.25, 0.3) is 11.0 Å². The molecule has 2 aromatic rings. The first kappa shape index (κ1) is 22.5. The number of rotatable bonds is 5. The molecule has 9 heteroatoms. The van der Waals surface area contributed by atoms with Gasteiger partial charge in [-0.1, -0.05) is 20.8 Å². The molecule has 3 heterocycles. The lowest BCUT2D eigenvalue weighted by Gasteiger charge is -2.31. The highest BCUT2D eigenvalue weighted by molar-refractivity contribution is 7.90. The summed E-state index contributed by atoms with van der Waals surface area (Å²) in [6.07, 6.45) is 2.13. The largest absolute Gasteiger partial charge is 0.381 e. The quantitative estimate of drug-likeness (QED) is 0.758. The van der Waals surface area contributed by atoms with E-state index in [0.29, 0.717) is 37.8 Å². The SMILES string of the molecule is CN(c1ccc2c(c1)nc(C(C)(C)C)n2CC1CCOCC1)S(=O)(=O)N1CCNCC1. The van der Waals surface area contributed by atoms with E-state index in [0.717, 1.165) is 49.5 Å². The van der Waals surface area contributed by atoms with Crippen molar-refractivity contribution in [2.24, 2.45) is 5.92 Å². The lowest BCUT2D eigenvalue weighted by Crippen LogP contribution is -2.51. The molecule has 0 unspecified atom stereocenters. The van der Waals surface area contributed by atoms with Crippen molar-refractivity contribution in [2.75, 3.05) is 50.7 Å². The molecule has 2 fully saturated rings. The Labute approximate surface area is 185 Å². The second kappa shape index (κ2) is 8.69. The molecule has 0 spiro atoms. The van der Waals surface area contributed by atoms with Crippen LogP contribution in [-0.2, 0) is 26.9 Å². The van der Waals surface area contributed by atoms with Crippen LogP contribution in [0.2, 0.25) is 0 Å². The van der Waals surface area contributed by atoms with Crippen molar-refractivity contribution in [1.29, 1.82) is 0 Å². The van der Waals surface area contributed by atoms with Gasteiger partial charge in [0.25, 0.3) is 0 Å². The molecule has 0 atom stereocenters. The van der Waals surface area contributed by atoms with E-state index in [1.165, 1.54) is 8.61 Å². The Morgan fingerprint density at radius 1 is 1.19 bits per heavy atom. The molecule has 8 nitrogen and oxygen atoms in total. The molecule has 0 saturated carbocycles. The predicted octanol–water partition coefficient (Wildman–Crippen LogP) is 2.35. The van der Waals surface area contributed by atoms with Crippen LogP contribution in [0.5, 0.6) is 0 Å². The monoisotopic (exact) mass is 449 g/mol. The van der Waals surface area contributed by atoms with Gasteiger partial charge in [0.2, 0.25) is 0 Å². The molecule has 0 aliphatic carbocycles. The van der Waals surface area contributed by atoms with Gasteiger partial charge in [0.05, 0.1) is 16.7 Å². The number of piperazine rings is 1. The minimum absolute atomic E-state index is 0.108. The van der Waals surface area contributed by atoms with E-state index < -0.39 is 10.2 Å². The number of hydrogen-bond acceptors (Lipinski definition) is 5. The van der Waals surface area contributed by atoms with Crippen LogP contribution in [0.15, 0.2) is 18.2 Å². The number of nitrogens with zero attached hydrogens (tertiary/aromatic N) is 4. The molecule has 1 aromatic heterocycles. The fourth-order valence-corrected chi connectivity index (χ4v) is 5.81. The number of imidazole rings is 1. The third-order valence-corrected chi connectivity index (χ3v) is 8.22. The Bertz CT molecular complexity index is 1020. The molecule has 31 heavy (non-hydrogen) atoms. The number of nitrogens with one attached hydrogen (secondary N) is 1. The molecular formula is C22H35N5O3S. The summed E-state index contributed by atoms with van der Waals surface area (Å²) in [5.74, 6) is 1.61. The summed E-state index contributed by atoms with van der Waals surface area (Å²) < 4.78 is 37.0. The zero-order valence-electron chi connectivity index (χ0n) is 19.1. The summed E-state index contributed by atoms with van der Waals surface area (Å²) in [4.78, 5) is 4.97. The van der Waals surface area contributed by atoms with E-state index in [-0.39, 0.29) is 5.41 Å². The zero-order chi connectivity index (χ0) is 22.2. The van der Waals surface area contributed by atoms with Gasteiger partial charge in [-0.2, -0.15) is 12.7 Å². The summed E-state index contributed by atoms with van der Waals surface area (Å²) in [6, 6.07) is 5.83. The van der Waals surface area contributed by atoms with Crippen molar-refractivity contribution < 1.29 is 13.2 Å². The highest BCUT2D eigenvalue weighted by Crippen LogP contribution is 2.31. The molecular weight excluding hydrogens is 414 g/mol. The van der Waals surface area contributed by atoms with Crippen molar-refractivity contribution in [3.8, 4) is 0 Å². The fourth-order valence-electron chi connectivity index (χ4n) is 4.44. The normalized spacial score (nSPS) is 19.7. The van der Waals surface area contributed by atoms with Crippen LogP contribution >= 0.6 is 0 Å². The summed E-state index contributed by atoms with van der Waals surface area (Å²) in [6.45, 7) is 11.4. The van der Waals surface area contributed by atoms with Gasteiger partial charge in [0, 0.05) is 58.4 Å². The van der Waals surface area contributed by atoms with Crippen LogP contribution in [0, 0.1) is 5.92 Å². The summed E-state index contributed by atoms with van der Waals surface area (Å²) >= 11 is 0. The number of fused-ring (bicyclic) bond motifs is 1. The Morgan fingerprint density at radius 3 is 2.52 bits per heavy atom. The van der Waals surface area contributed by atoms with E-state index >= 15 is 0 Å². The Balaban J connectivity index is 1.68. The number of benzene rings is 1. The molecule has 0 bridgehead atoms. The Hall–Kier alpha value is -1.68. The predicted molar refractivity (Wildman–Crippen MR) is 124 cm³/mol. The second-order valence-corrected chi connectivity index (χ2v) is 11.6. The minimum Gasteiger partial charge on any atom is -0.381 e. The molecule has 2 aliphatic rings. The summed E-state index contributed by atoms with van der Waals surface area (Å²) in [5, 5.41) is 3.20. The Kier molecular flexibility index (Phi) is 6.31. The Morgan fingerprint density at radius 2 is 1.87 bits per heavy atom. The lowest BCUT2D eigenvalue weighted by atomic mass is 9.94. The average molecular weight is 450 g/mol. The smallest absolute Gasteiger partial charge is 0.303 e. The summed E-state index contributed by atoms with van der Waals surface area (Å²) in [7, 11) is -1.93. The lowest BCUT2D eigenvalue weighted by molar-refractivity contribution is 0.0611. The van der Waals surface area contributed by atoms with Crippen LogP contribution in [0.4, 0.5) is 5.69 Å². The molecule has 2 saturated heterocycles. The zero-order valence-corrected chi connectivity index (χ0v) is 19.9. The topological polar surface area (TPSA) is 79.7 Å². The van der Waals surface area contributed by atoms with E-state index in [4.69, 9.17) is 9.72 Å². The third kappa shape index (κ3) is 4.60. The van der Waals surface area contributed by atoms with Gasteiger partial charge in [-0.15, -0.1) is 0 Å². The van der Waals surface area contributed by atoms with Crippen molar-refractivity contribution in [3.05, 3.63) is 24.0 Å². The van der Waals surface area contributed by atoms with Crippen LogP contribution < -0.4 is 9.62 Å². The maximum Gasteiger partial charge on any atom is 0.303 e. The van der Waals surface area contributed by atoms with Gasteiger partial charge in [0.1, 0.15) is 5.82 Å². The maximum atomic E-state index is 13.1. The third-order valence-electron chi connectivity index (χ3n) is 6.30. The first-order valence-electron chi connectivity index (χ1n) is 11.2. The van der Waals surface area contributed by atoms with Crippen LogP contribution in [0.1, 0.15) is 39.4 Å². The highest BCUT2D eigenvalue weighted by Gasteiger charge is 2.30. The van der Waals surface area contributed by atoms with Crippen LogP contribution in [-0.4, -0.2) is 68.7 Å². The molecule has 0 amide bonds. The molecule has 0 radical (unpaired) electrons. The van der Waals surface area contributed by atoms with Crippen LogP contribution in [0.3, 0.4) is 0 Å². The maximum absolute atomic E-state index is 13.1. The molecule has 4 rings (SSSR count). The molecule has 2 aliphatic heterocycles. The second-order valence-electron chi connectivity index (χ2n) is 9.65. The number of ether oxygens (including phenoxy) is 1. The number of aromatic nitrogens is 2. The molecule has 172 valence electrons. The van der Waals surface area contributed by atoms with Crippen molar-refractivity contribution >= 4 is 26.9 Å².